The van der Waals surface area contributed by atoms with E-state index in [1.807, 2.05) is 25.1 Å². The Hall–Kier alpha value is -1.48. The highest BCUT2D eigenvalue weighted by Crippen LogP contribution is 2.39. The zero-order chi connectivity index (χ0) is 11.8. The molecule has 2 aromatic heterocycles. The molecule has 3 nitrogen and oxygen atoms in total. The number of aryl methyl sites for hydroxylation is 1. The minimum Gasteiger partial charge on any atom is -0.253 e. The minimum atomic E-state index is 0.500. The van der Waals surface area contributed by atoms with Gasteiger partial charge in [0.2, 0.25) is 0 Å². The molecule has 0 spiro atoms. The van der Waals surface area contributed by atoms with E-state index < -0.39 is 0 Å². The normalized spacial score (nSPS) is 14.9. The van der Waals surface area contributed by atoms with Crippen LogP contribution >= 0.6 is 11.6 Å². The van der Waals surface area contributed by atoms with Crippen molar-refractivity contribution in [3.05, 3.63) is 40.8 Å². The van der Waals surface area contributed by atoms with E-state index in [1.54, 1.807) is 6.20 Å². The molecule has 0 aliphatic heterocycles. The molecule has 0 aromatic carbocycles. The molecule has 1 aliphatic rings. The van der Waals surface area contributed by atoms with Gasteiger partial charge in [-0.15, -0.1) is 0 Å². The predicted molar refractivity (Wildman–Crippen MR) is 67.0 cm³/mol. The van der Waals surface area contributed by atoms with Crippen molar-refractivity contribution in [1.82, 2.24) is 15.0 Å². The van der Waals surface area contributed by atoms with Crippen molar-refractivity contribution in [3.8, 4) is 11.5 Å². The summed E-state index contributed by atoms with van der Waals surface area (Å²) in [6.07, 6.45) is 4.17. The second kappa shape index (κ2) is 4.08. The molecule has 1 aliphatic carbocycles. The molecule has 2 aromatic rings. The van der Waals surface area contributed by atoms with Crippen LogP contribution in [0.2, 0.25) is 5.15 Å². The summed E-state index contributed by atoms with van der Waals surface area (Å²) >= 11 is 6.03. The van der Waals surface area contributed by atoms with Crippen LogP contribution in [-0.2, 0) is 0 Å². The molecule has 0 saturated heterocycles. The van der Waals surface area contributed by atoms with Gasteiger partial charge in [-0.05, 0) is 43.5 Å². The van der Waals surface area contributed by atoms with Gasteiger partial charge in [0.25, 0.3) is 0 Å². The van der Waals surface area contributed by atoms with Gasteiger partial charge < -0.3 is 0 Å². The van der Waals surface area contributed by atoms with E-state index in [0.717, 1.165) is 17.0 Å². The van der Waals surface area contributed by atoms with Gasteiger partial charge in [-0.1, -0.05) is 11.6 Å². The Morgan fingerprint density at radius 3 is 2.76 bits per heavy atom. The van der Waals surface area contributed by atoms with Crippen LogP contribution in [0.1, 0.15) is 30.0 Å². The van der Waals surface area contributed by atoms with Gasteiger partial charge in [0.15, 0.2) is 5.82 Å². The van der Waals surface area contributed by atoms with Crippen molar-refractivity contribution >= 4 is 11.6 Å². The molecule has 0 N–H and O–H groups in total. The van der Waals surface area contributed by atoms with E-state index in [2.05, 4.69) is 15.0 Å². The van der Waals surface area contributed by atoms with E-state index in [9.17, 15) is 0 Å². The molecule has 0 unspecified atom stereocenters. The van der Waals surface area contributed by atoms with Crippen molar-refractivity contribution < 1.29 is 0 Å². The smallest absolute Gasteiger partial charge is 0.179 e. The Kier molecular flexibility index (Phi) is 2.56. The summed E-state index contributed by atoms with van der Waals surface area (Å²) in [5, 5.41) is 0.500. The quantitative estimate of drug-likeness (QED) is 0.762. The van der Waals surface area contributed by atoms with Gasteiger partial charge >= 0.3 is 0 Å². The Morgan fingerprint density at radius 2 is 2.06 bits per heavy atom. The predicted octanol–water partition coefficient (Wildman–Crippen LogP) is 3.38. The lowest BCUT2D eigenvalue weighted by Crippen LogP contribution is -1.96. The van der Waals surface area contributed by atoms with Crippen molar-refractivity contribution in [2.45, 2.75) is 25.7 Å². The highest BCUT2D eigenvalue weighted by atomic mass is 35.5. The highest BCUT2D eigenvalue weighted by Gasteiger charge is 2.26. The molecule has 2 heterocycles. The molecule has 4 heteroatoms. The fourth-order valence-corrected chi connectivity index (χ4v) is 1.99. The number of halogens is 1. The summed E-state index contributed by atoms with van der Waals surface area (Å²) in [7, 11) is 0. The third-order valence-electron chi connectivity index (χ3n) is 2.85. The summed E-state index contributed by atoms with van der Waals surface area (Å²) in [6.45, 7) is 2.03. The van der Waals surface area contributed by atoms with Gasteiger partial charge in [-0.25, -0.2) is 9.97 Å². The molecule has 17 heavy (non-hydrogen) atoms. The lowest BCUT2D eigenvalue weighted by atomic mass is 10.2. The van der Waals surface area contributed by atoms with Crippen LogP contribution in [0.25, 0.3) is 11.5 Å². The number of aromatic nitrogens is 3. The van der Waals surface area contributed by atoms with Crippen molar-refractivity contribution in [2.75, 3.05) is 0 Å². The first-order chi connectivity index (χ1) is 8.22. The van der Waals surface area contributed by atoms with Crippen LogP contribution in [0.15, 0.2) is 24.4 Å². The van der Waals surface area contributed by atoms with Gasteiger partial charge in [-0.2, -0.15) is 0 Å². The first-order valence-corrected chi connectivity index (χ1v) is 6.08. The van der Waals surface area contributed by atoms with Gasteiger partial charge in [-0.3, -0.25) is 4.98 Å². The number of rotatable bonds is 2. The van der Waals surface area contributed by atoms with Crippen LogP contribution in [0, 0.1) is 6.92 Å². The molecule has 86 valence electrons. The molecule has 1 fully saturated rings. The fraction of sp³-hybridized carbons (Fsp3) is 0.308. The second-order valence-electron chi connectivity index (χ2n) is 4.43. The average molecular weight is 246 g/mol. The van der Waals surface area contributed by atoms with Crippen LogP contribution in [0.5, 0.6) is 0 Å². The molecule has 1 saturated carbocycles. The first kappa shape index (κ1) is 10.7. The summed E-state index contributed by atoms with van der Waals surface area (Å²) < 4.78 is 0. The number of pyridine rings is 1. The minimum absolute atomic E-state index is 0.500. The lowest BCUT2D eigenvalue weighted by molar-refractivity contribution is 0.987. The molecule has 0 radical (unpaired) electrons. The maximum absolute atomic E-state index is 6.03. The van der Waals surface area contributed by atoms with Crippen molar-refractivity contribution in [1.29, 1.82) is 0 Å². The second-order valence-corrected chi connectivity index (χ2v) is 4.82. The Balaban J connectivity index is 2.07. The summed E-state index contributed by atoms with van der Waals surface area (Å²) in [4.78, 5) is 13.1. The van der Waals surface area contributed by atoms with Gasteiger partial charge in [0, 0.05) is 17.8 Å². The molecule has 0 bridgehead atoms. The molecule has 0 amide bonds. The standard InChI is InChI=1S/C13H12ClN3/c1-8-4-5-15-11(6-8)13-16-10(9-2-3-9)7-12(14)17-13/h4-7,9H,2-3H2,1H3. The molecule has 0 atom stereocenters. The van der Waals surface area contributed by atoms with Crippen LogP contribution < -0.4 is 0 Å². The highest BCUT2D eigenvalue weighted by molar-refractivity contribution is 6.29. The maximum atomic E-state index is 6.03. The van der Waals surface area contributed by atoms with Gasteiger partial charge in [0.1, 0.15) is 10.8 Å². The van der Waals surface area contributed by atoms with E-state index in [0.29, 0.717) is 16.9 Å². The zero-order valence-electron chi connectivity index (χ0n) is 9.52. The monoisotopic (exact) mass is 245 g/mol. The molecular formula is C13H12ClN3. The van der Waals surface area contributed by atoms with Crippen molar-refractivity contribution in [2.24, 2.45) is 0 Å². The van der Waals surface area contributed by atoms with E-state index in [4.69, 9.17) is 11.6 Å². The zero-order valence-corrected chi connectivity index (χ0v) is 10.3. The lowest BCUT2D eigenvalue weighted by Gasteiger charge is -2.04. The third kappa shape index (κ3) is 2.29. The molecule has 3 rings (SSSR count). The van der Waals surface area contributed by atoms with Crippen LogP contribution in [0.4, 0.5) is 0 Å². The van der Waals surface area contributed by atoms with E-state index in [-0.39, 0.29) is 0 Å². The first-order valence-electron chi connectivity index (χ1n) is 5.70. The van der Waals surface area contributed by atoms with E-state index in [1.165, 1.54) is 12.8 Å². The summed E-state index contributed by atoms with van der Waals surface area (Å²) in [5.74, 6) is 1.20. The Morgan fingerprint density at radius 1 is 1.24 bits per heavy atom. The largest absolute Gasteiger partial charge is 0.253 e. The van der Waals surface area contributed by atoms with Crippen LogP contribution in [-0.4, -0.2) is 15.0 Å². The Labute approximate surface area is 105 Å². The number of nitrogens with zero attached hydrogens (tertiary/aromatic N) is 3. The SMILES string of the molecule is Cc1ccnc(-c2nc(Cl)cc(C3CC3)n2)c1. The van der Waals surface area contributed by atoms with Crippen molar-refractivity contribution in [3.63, 3.8) is 0 Å². The third-order valence-corrected chi connectivity index (χ3v) is 3.05. The van der Waals surface area contributed by atoms with Crippen LogP contribution in [0.3, 0.4) is 0 Å². The summed E-state index contributed by atoms with van der Waals surface area (Å²) in [5.41, 5.74) is 2.98. The number of hydrogen-bond donors (Lipinski definition) is 0. The Bertz CT molecular complexity index is 564. The van der Waals surface area contributed by atoms with E-state index >= 15 is 0 Å². The fourth-order valence-electron chi connectivity index (χ4n) is 1.80. The maximum Gasteiger partial charge on any atom is 0.179 e. The topological polar surface area (TPSA) is 38.7 Å². The summed E-state index contributed by atoms with van der Waals surface area (Å²) in [6, 6.07) is 5.79. The van der Waals surface area contributed by atoms with Gasteiger partial charge in [0.05, 0.1) is 0 Å². The number of hydrogen-bond acceptors (Lipinski definition) is 3. The molecular weight excluding hydrogens is 234 g/mol. The average Bonchev–Trinajstić information content (AvgIpc) is 3.12.